The van der Waals surface area contributed by atoms with Crippen LogP contribution in [0.4, 0.5) is 11.6 Å². The fourth-order valence-electron chi connectivity index (χ4n) is 4.03. The third-order valence-electron chi connectivity index (χ3n) is 5.19. The summed E-state index contributed by atoms with van der Waals surface area (Å²) in [6.45, 7) is 3.91. The van der Waals surface area contributed by atoms with Gasteiger partial charge < -0.3 is 10.2 Å². The number of nitrogens with one attached hydrogen (secondary N) is 1. The Labute approximate surface area is 142 Å². The SMILES string of the molecule is CC(=O)N1c2ccccc2[C@H](Nc2ncccn2)[C@@H](C)C1C1CC1. The van der Waals surface area contributed by atoms with Crippen molar-refractivity contribution in [1.29, 1.82) is 0 Å². The predicted octanol–water partition coefficient (Wildman–Crippen LogP) is 3.41. The number of fused-ring (bicyclic) bond motifs is 1. The lowest BCUT2D eigenvalue weighted by Gasteiger charge is -2.45. The fraction of sp³-hybridized carbons (Fsp3) is 0.421. The number of carbonyl (C=O) groups is 1. The Morgan fingerprint density at radius 2 is 1.88 bits per heavy atom. The van der Waals surface area contributed by atoms with Crippen molar-refractivity contribution >= 4 is 17.5 Å². The van der Waals surface area contributed by atoms with E-state index in [-0.39, 0.29) is 18.0 Å². The van der Waals surface area contributed by atoms with Crippen LogP contribution in [-0.4, -0.2) is 21.9 Å². The Bertz CT molecular complexity index is 744. The van der Waals surface area contributed by atoms with Gasteiger partial charge in [-0.3, -0.25) is 4.79 Å². The van der Waals surface area contributed by atoms with Crippen molar-refractivity contribution in [2.75, 3.05) is 10.2 Å². The molecule has 1 aromatic heterocycles. The van der Waals surface area contributed by atoms with E-state index in [2.05, 4.69) is 34.3 Å². The van der Waals surface area contributed by atoms with Crippen LogP contribution in [0.15, 0.2) is 42.7 Å². The van der Waals surface area contributed by atoms with Crippen LogP contribution in [0, 0.1) is 11.8 Å². The van der Waals surface area contributed by atoms with Gasteiger partial charge in [-0.1, -0.05) is 25.1 Å². The predicted molar refractivity (Wildman–Crippen MR) is 93.7 cm³/mol. The van der Waals surface area contributed by atoms with Crippen molar-refractivity contribution in [3.63, 3.8) is 0 Å². The lowest BCUT2D eigenvalue weighted by atomic mass is 9.80. The van der Waals surface area contributed by atoms with Crippen LogP contribution in [0.2, 0.25) is 0 Å². The minimum absolute atomic E-state index is 0.102. The molecule has 0 saturated heterocycles. The van der Waals surface area contributed by atoms with Crippen LogP contribution in [0.1, 0.15) is 38.3 Å². The smallest absolute Gasteiger partial charge is 0.224 e. The largest absolute Gasteiger partial charge is 0.347 e. The number of para-hydroxylation sites is 1. The highest BCUT2D eigenvalue weighted by Gasteiger charge is 2.47. The van der Waals surface area contributed by atoms with Crippen LogP contribution in [0.3, 0.4) is 0 Å². The molecule has 5 nitrogen and oxygen atoms in total. The van der Waals surface area contributed by atoms with Crippen molar-refractivity contribution < 1.29 is 4.79 Å². The zero-order chi connectivity index (χ0) is 16.7. The molecule has 0 bridgehead atoms. The minimum Gasteiger partial charge on any atom is -0.347 e. The molecule has 1 saturated carbocycles. The van der Waals surface area contributed by atoms with Crippen LogP contribution < -0.4 is 10.2 Å². The molecule has 2 heterocycles. The Balaban J connectivity index is 1.78. The second-order valence-electron chi connectivity index (χ2n) is 6.83. The van der Waals surface area contributed by atoms with E-state index >= 15 is 0 Å². The zero-order valence-corrected chi connectivity index (χ0v) is 14.0. The van der Waals surface area contributed by atoms with E-state index in [1.165, 1.54) is 12.8 Å². The first-order chi connectivity index (χ1) is 11.7. The number of rotatable bonds is 3. The van der Waals surface area contributed by atoms with Crippen LogP contribution in [0.25, 0.3) is 0 Å². The van der Waals surface area contributed by atoms with Gasteiger partial charge in [0.1, 0.15) is 0 Å². The van der Waals surface area contributed by atoms with Gasteiger partial charge in [0, 0.05) is 37.0 Å². The first kappa shape index (κ1) is 15.1. The summed E-state index contributed by atoms with van der Waals surface area (Å²) in [5.41, 5.74) is 2.16. The molecule has 1 aromatic carbocycles. The Morgan fingerprint density at radius 1 is 1.17 bits per heavy atom. The van der Waals surface area contributed by atoms with Gasteiger partial charge in [0.15, 0.2) is 0 Å². The molecule has 1 aliphatic heterocycles. The van der Waals surface area contributed by atoms with Gasteiger partial charge in [-0.2, -0.15) is 0 Å². The molecule has 1 unspecified atom stereocenters. The molecule has 1 N–H and O–H groups in total. The third kappa shape index (κ3) is 2.54. The normalized spacial score (nSPS) is 25.9. The zero-order valence-electron chi connectivity index (χ0n) is 14.0. The van der Waals surface area contributed by atoms with Crippen LogP contribution in [-0.2, 0) is 4.79 Å². The maximum absolute atomic E-state index is 12.4. The number of carbonyl (C=O) groups excluding carboxylic acids is 1. The molecule has 1 aliphatic carbocycles. The molecule has 124 valence electrons. The summed E-state index contributed by atoms with van der Waals surface area (Å²) < 4.78 is 0. The van der Waals surface area contributed by atoms with Crippen molar-refractivity contribution in [3.8, 4) is 0 Å². The number of aromatic nitrogens is 2. The molecule has 1 amide bonds. The molecule has 1 fully saturated rings. The Kier molecular flexibility index (Phi) is 3.71. The van der Waals surface area contributed by atoms with Gasteiger partial charge in [0.25, 0.3) is 0 Å². The van der Waals surface area contributed by atoms with Crippen molar-refractivity contribution in [3.05, 3.63) is 48.3 Å². The Hall–Kier alpha value is -2.43. The molecular weight excluding hydrogens is 300 g/mol. The maximum Gasteiger partial charge on any atom is 0.224 e. The molecule has 2 aromatic rings. The summed E-state index contributed by atoms with van der Waals surface area (Å²) >= 11 is 0. The average Bonchev–Trinajstić information content (AvgIpc) is 3.42. The van der Waals surface area contributed by atoms with Crippen molar-refractivity contribution in [2.45, 2.75) is 38.8 Å². The topological polar surface area (TPSA) is 58.1 Å². The summed E-state index contributed by atoms with van der Waals surface area (Å²) in [6, 6.07) is 10.3. The van der Waals surface area contributed by atoms with E-state index in [9.17, 15) is 4.79 Å². The van der Waals surface area contributed by atoms with E-state index in [1.807, 2.05) is 23.1 Å². The molecule has 0 spiro atoms. The standard InChI is InChI=1S/C19H22N4O/c1-12-17(22-19-20-10-5-11-21-19)15-6-3-4-7-16(15)23(13(2)24)18(12)14-8-9-14/h3-7,10-12,14,17-18H,8-9H2,1-2H3,(H,20,21,22)/t12-,17-,18?/m1/s1. The van der Waals surface area contributed by atoms with Crippen LogP contribution in [0.5, 0.6) is 0 Å². The first-order valence-corrected chi connectivity index (χ1v) is 8.59. The highest BCUT2D eigenvalue weighted by Crippen LogP contribution is 2.49. The fourth-order valence-corrected chi connectivity index (χ4v) is 4.03. The molecule has 4 rings (SSSR count). The van der Waals surface area contributed by atoms with Gasteiger partial charge in [0.05, 0.1) is 6.04 Å². The van der Waals surface area contributed by atoms with Crippen molar-refractivity contribution in [2.24, 2.45) is 11.8 Å². The number of benzene rings is 1. The van der Waals surface area contributed by atoms with E-state index < -0.39 is 0 Å². The van der Waals surface area contributed by atoms with Gasteiger partial charge in [-0.05, 0) is 36.5 Å². The summed E-state index contributed by atoms with van der Waals surface area (Å²) in [5, 5.41) is 3.50. The van der Waals surface area contributed by atoms with Gasteiger partial charge in [0.2, 0.25) is 11.9 Å². The second-order valence-corrected chi connectivity index (χ2v) is 6.83. The molecular formula is C19H22N4O. The van der Waals surface area contributed by atoms with Gasteiger partial charge in [-0.25, -0.2) is 9.97 Å². The van der Waals surface area contributed by atoms with Crippen molar-refractivity contribution in [1.82, 2.24) is 9.97 Å². The summed E-state index contributed by atoms with van der Waals surface area (Å²) in [7, 11) is 0. The van der Waals surface area contributed by atoms with E-state index in [1.54, 1.807) is 19.3 Å². The number of amides is 1. The number of hydrogen-bond acceptors (Lipinski definition) is 4. The second kappa shape index (κ2) is 5.89. The monoisotopic (exact) mass is 322 g/mol. The molecule has 24 heavy (non-hydrogen) atoms. The maximum atomic E-state index is 12.4. The summed E-state index contributed by atoms with van der Waals surface area (Å²) in [4.78, 5) is 23.0. The summed E-state index contributed by atoms with van der Waals surface area (Å²) in [5.74, 6) is 1.65. The lowest BCUT2D eigenvalue weighted by molar-refractivity contribution is -0.117. The molecule has 5 heteroatoms. The van der Waals surface area contributed by atoms with E-state index in [0.29, 0.717) is 17.8 Å². The van der Waals surface area contributed by atoms with E-state index in [4.69, 9.17) is 0 Å². The highest BCUT2D eigenvalue weighted by atomic mass is 16.2. The lowest BCUT2D eigenvalue weighted by Crippen LogP contribution is -2.51. The minimum atomic E-state index is 0.102. The van der Waals surface area contributed by atoms with Gasteiger partial charge in [-0.15, -0.1) is 0 Å². The average molecular weight is 322 g/mol. The Morgan fingerprint density at radius 3 is 2.54 bits per heavy atom. The third-order valence-corrected chi connectivity index (χ3v) is 5.19. The quantitative estimate of drug-likeness (QED) is 0.941. The first-order valence-electron chi connectivity index (χ1n) is 8.59. The number of nitrogens with zero attached hydrogens (tertiary/aromatic N) is 3. The van der Waals surface area contributed by atoms with Gasteiger partial charge >= 0.3 is 0 Å². The summed E-state index contributed by atoms with van der Waals surface area (Å²) in [6.07, 6.45) is 5.90. The molecule has 3 atom stereocenters. The number of anilines is 2. The van der Waals surface area contributed by atoms with Crippen LogP contribution >= 0.6 is 0 Å². The van der Waals surface area contributed by atoms with E-state index in [0.717, 1.165) is 11.3 Å². The highest BCUT2D eigenvalue weighted by molar-refractivity contribution is 5.94. The molecule has 0 radical (unpaired) electrons. The molecule has 2 aliphatic rings. The number of hydrogen-bond donors (Lipinski definition) is 1.